The fourth-order valence-corrected chi connectivity index (χ4v) is 4.34. The van der Waals surface area contributed by atoms with Crippen LogP contribution in [-0.2, 0) is 9.59 Å². The van der Waals surface area contributed by atoms with Crippen molar-refractivity contribution in [2.75, 3.05) is 12.0 Å². The Morgan fingerprint density at radius 1 is 0.793 bits per heavy atom. The minimum absolute atomic E-state index is 0.320. The summed E-state index contributed by atoms with van der Waals surface area (Å²) in [4.78, 5) is 29.5. The van der Waals surface area contributed by atoms with Crippen molar-refractivity contribution in [3.8, 4) is 5.75 Å². The Balaban J connectivity index is 1.89. The predicted octanol–water partition coefficient (Wildman–Crippen LogP) is 5.08. The van der Waals surface area contributed by atoms with E-state index in [4.69, 9.17) is 4.74 Å². The number of carbonyl (C=O) groups is 2. The molecule has 1 aliphatic heterocycles. The number of carbonyl (C=O) groups excluding carboxylic acids is 2. The van der Waals surface area contributed by atoms with Crippen molar-refractivity contribution in [3.05, 3.63) is 94.9 Å². The summed E-state index contributed by atoms with van der Waals surface area (Å²) in [6.45, 7) is 1.89. The Morgan fingerprint density at radius 3 is 2.17 bits per heavy atom. The largest absolute Gasteiger partial charge is 0.496 e. The Morgan fingerprint density at radius 2 is 1.45 bits per heavy atom. The highest BCUT2D eigenvalue weighted by Gasteiger charge is 2.41. The smallest absolute Gasteiger partial charge is 0.272 e. The number of para-hydroxylation sites is 2. The minimum Gasteiger partial charge on any atom is -0.496 e. The highest BCUT2D eigenvalue weighted by atomic mass is 32.2. The second-order valence-electron chi connectivity index (χ2n) is 6.55. The molecule has 0 fully saturated rings. The van der Waals surface area contributed by atoms with E-state index in [2.05, 4.69) is 0 Å². The van der Waals surface area contributed by atoms with Crippen LogP contribution in [0.4, 0.5) is 5.69 Å². The molecule has 4 rings (SSSR count). The van der Waals surface area contributed by atoms with Crippen LogP contribution in [0.3, 0.4) is 0 Å². The average molecular weight is 401 g/mol. The molecule has 0 spiro atoms. The maximum Gasteiger partial charge on any atom is 0.272 e. The molecule has 2 amide bonds. The van der Waals surface area contributed by atoms with Crippen molar-refractivity contribution in [3.63, 3.8) is 0 Å². The Labute approximate surface area is 173 Å². The molecule has 0 bridgehead atoms. The van der Waals surface area contributed by atoms with Gasteiger partial charge in [0, 0.05) is 10.5 Å². The number of benzene rings is 3. The minimum atomic E-state index is -0.341. The average Bonchev–Trinajstić information content (AvgIpc) is 2.99. The lowest BCUT2D eigenvalue weighted by Gasteiger charge is -2.17. The van der Waals surface area contributed by atoms with E-state index in [-0.39, 0.29) is 11.8 Å². The fraction of sp³-hybridized carbons (Fsp3) is 0.0833. The fourth-order valence-electron chi connectivity index (χ4n) is 3.33. The van der Waals surface area contributed by atoms with Crippen LogP contribution in [0.5, 0.6) is 5.75 Å². The molecule has 3 aromatic carbocycles. The van der Waals surface area contributed by atoms with Crippen LogP contribution in [0.1, 0.15) is 11.1 Å². The third-order valence-electron chi connectivity index (χ3n) is 4.74. The number of aryl methyl sites for hydroxylation is 1. The molecule has 0 saturated heterocycles. The van der Waals surface area contributed by atoms with Gasteiger partial charge >= 0.3 is 0 Å². The van der Waals surface area contributed by atoms with E-state index in [1.807, 2.05) is 73.7 Å². The van der Waals surface area contributed by atoms with Crippen molar-refractivity contribution < 1.29 is 14.3 Å². The Kier molecular flexibility index (Phi) is 5.23. The molecule has 1 heterocycles. The van der Waals surface area contributed by atoms with Crippen LogP contribution in [0, 0.1) is 6.92 Å². The normalized spacial score (nSPS) is 13.9. The van der Waals surface area contributed by atoms with Gasteiger partial charge in [-0.25, -0.2) is 4.90 Å². The van der Waals surface area contributed by atoms with E-state index in [0.717, 1.165) is 10.5 Å². The second kappa shape index (κ2) is 7.97. The highest BCUT2D eigenvalue weighted by molar-refractivity contribution is 8.04. The first-order valence-corrected chi connectivity index (χ1v) is 9.98. The first-order chi connectivity index (χ1) is 14.1. The van der Waals surface area contributed by atoms with E-state index in [1.165, 1.54) is 16.7 Å². The molecule has 0 N–H and O–H groups in total. The van der Waals surface area contributed by atoms with Crippen LogP contribution in [0.25, 0.3) is 5.57 Å². The van der Waals surface area contributed by atoms with E-state index in [1.54, 1.807) is 19.2 Å². The molecule has 144 valence electrons. The van der Waals surface area contributed by atoms with Crippen molar-refractivity contribution in [1.29, 1.82) is 0 Å². The molecule has 5 heteroatoms. The van der Waals surface area contributed by atoms with Gasteiger partial charge in [-0.2, -0.15) is 0 Å². The summed E-state index contributed by atoms with van der Waals surface area (Å²) < 4.78 is 5.48. The van der Waals surface area contributed by atoms with Gasteiger partial charge in [0.15, 0.2) is 0 Å². The number of ether oxygens (including phenoxy) is 1. The van der Waals surface area contributed by atoms with E-state index in [0.29, 0.717) is 27.5 Å². The summed E-state index contributed by atoms with van der Waals surface area (Å²) in [6.07, 6.45) is 0. The number of imide groups is 1. The molecule has 0 unspecified atom stereocenters. The highest BCUT2D eigenvalue weighted by Crippen LogP contribution is 2.43. The van der Waals surface area contributed by atoms with Crippen molar-refractivity contribution in [2.45, 2.75) is 11.8 Å². The number of amides is 2. The first-order valence-electron chi connectivity index (χ1n) is 9.17. The molecule has 29 heavy (non-hydrogen) atoms. The molecule has 1 aliphatic rings. The third-order valence-corrected chi connectivity index (χ3v) is 5.83. The van der Waals surface area contributed by atoms with Gasteiger partial charge < -0.3 is 4.74 Å². The van der Waals surface area contributed by atoms with Gasteiger partial charge in [0.2, 0.25) is 0 Å². The number of methoxy groups -OCH3 is 1. The second-order valence-corrected chi connectivity index (χ2v) is 7.64. The van der Waals surface area contributed by atoms with Crippen LogP contribution in [0.15, 0.2) is 88.7 Å². The summed E-state index contributed by atoms with van der Waals surface area (Å²) in [5.41, 5.74) is 2.44. The van der Waals surface area contributed by atoms with Gasteiger partial charge in [0.25, 0.3) is 11.8 Å². The summed E-state index contributed by atoms with van der Waals surface area (Å²) in [7, 11) is 1.56. The molecule has 0 aliphatic carbocycles. The summed E-state index contributed by atoms with van der Waals surface area (Å²) in [5, 5.41) is 0. The number of anilines is 1. The van der Waals surface area contributed by atoms with Gasteiger partial charge in [-0.15, -0.1) is 0 Å². The number of hydrogen-bond donors (Lipinski definition) is 0. The van der Waals surface area contributed by atoms with Gasteiger partial charge in [0.1, 0.15) is 5.75 Å². The maximum absolute atomic E-state index is 13.5. The van der Waals surface area contributed by atoms with Gasteiger partial charge in [-0.3, -0.25) is 9.59 Å². The standard InChI is InChI=1S/C24H19NO3S/c1-16-10-6-8-14-19(16)25-23(26)21(18-13-7-9-15-20(18)28-2)22(24(25)27)29-17-11-4-3-5-12-17/h3-15H,1-2H3. The predicted molar refractivity (Wildman–Crippen MR) is 116 cm³/mol. The Hall–Kier alpha value is -3.31. The molecular weight excluding hydrogens is 382 g/mol. The van der Waals surface area contributed by atoms with Crippen molar-refractivity contribution >= 4 is 34.8 Å². The van der Waals surface area contributed by atoms with Gasteiger partial charge in [0.05, 0.1) is 23.3 Å². The van der Waals surface area contributed by atoms with Crippen LogP contribution in [0.2, 0.25) is 0 Å². The monoisotopic (exact) mass is 401 g/mol. The first kappa shape index (κ1) is 19.0. The molecule has 0 aromatic heterocycles. The van der Waals surface area contributed by atoms with Crippen molar-refractivity contribution in [2.24, 2.45) is 0 Å². The molecule has 0 saturated carbocycles. The van der Waals surface area contributed by atoms with E-state index < -0.39 is 0 Å². The quantitative estimate of drug-likeness (QED) is 0.560. The van der Waals surface area contributed by atoms with Gasteiger partial charge in [-0.05, 0) is 36.8 Å². The Bertz CT molecular complexity index is 1120. The molecule has 0 atom stereocenters. The van der Waals surface area contributed by atoms with Crippen LogP contribution in [-0.4, -0.2) is 18.9 Å². The zero-order valence-electron chi connectivity index (χ0n) is 16.1. The van der Waals surface area contributed by atoms with Crippen LogP contribution < -0.4 is 9.64 Å². The topological polar surface area (TPSA) is 46.6 Å². The third kappa shape index (κ3) is 3.45. The molecule has 4 nitrogen and oxygen atoms in total. The van der Waals surface area contributed by atoms with Crippen molar-refractivity contribution in [1.82, 2.24) is 0 Å². The zero-order chi connectivity index (χ0) is 20.4. The number of thioether (sulfide) groups is 1. The SMILES string of the molecule is COc1ccccc1C1=C(Sc2ccccc2)C(=O)N(c2ccccc2C)C1=O. The number of rotatable bonds is 5. The lowest BCUT2D eigenvalue weighted by Crippen LogP contribution is -2.31. The number of hydrogen-bond acceptors (Lipinski definition) is 4. The summed E-state index contributed by atoms with van der Waals surface area (Å²) in [6, 6.07) is 24.3. The zero-order valence-corrected chi connectivity index (χ0v) is 16.9. The summed E-state index contributed by atoms with van der Waals surface area (Å²) in [5.74, 6) is -0.104. The summed E-state index contributed by atoms with van der Waals surface area (Å²) >= 11 is 1.30. The van der Waals surface area contributed by atoms with Crippen LogP contribution >= 0.6 is 11.8 Å². The molecule has 3 aromatic rings. The lowest BCUT2D eigenvalue weighted by molar-refractivity contribution is -0.119. The van der Waals surface area contributed by atoms with E-state index >= 15 is 0 Å². The van der Waals surface area contributed by atoms with Gasteiger partial charge in [-0.1, -0.05) is 66.4 Å². The number of nitrogens with zero attached hydrogens (tertiary/aromatic N) is 1. The molecular formula is C24H19NO3S. The molecule has 0 radical (unpaired) electrons. The maximum atomic E-state index is 13.5. The van der Waals surface area contributed by atoms with E-state index in [9.17, 15) is 9.59 Å². The lowest BCUT2D eigenvalue weighted by atomic mass is 10.0.